The molecule has 86 valence electrons. The van der Waals surface area contributed by atoms with Crippen LogP contribution in [0.2, 0.25) is 0 Å². The van der Waals surface area contributed by atoms with Crippen LogP contribution in [0.1, 0.15) is 30.0 Å². The summed E-state index contributed by atoms with van der Waals surface area (Å²) in [6.07, 6.45) is 3.48. The molecule has 1 aliphatic carbocycles. The predicted molar refractivity (Wildman–Crippen MR) is 61.8 cm³/mol. The minimum Gasteiger partial charge on any atom is -0.508 e. The molecular formula is C13H17NO2. The number of aromatic hydroxyl groups is 1. The molecule has 16 heavy (non-hydrogen) atoms. The highest BCUT2D eigenvalue weighted by Crippen LogP contribution is 2.47. The lowest BCUT2D eigenvalue weighted by Gasteiger charge is -2.29. The van der Waals surface area contributed by atoms with E-state index in [4.69, 9.17) is 4.74 Å². The fraction of sp³-hybridized carbons (Fsp3) is 0.538. The maximum absolute atomic E-state index is 10.0. The first-order valence-corrected chi connectivity index (χ1v) is 5.93. The molecule has 1 fully saturated rings. The molecule has 1 aromatic rings. The van der Waals surface area contributed by atoms with Crippen LogP contribution in [-0.2, 0) is 6.42 Å². The largest absolute Gasteiger partial charge is 0.508 e. The number of phenols is 1. The van der Waals surface area contributed by atoms with Gasteiger partial charge >= 0.3 is 0 Å². The van der Waals surface area contributed by atoms with Gasteiger partial charge in [0.25, 0.3) is 0 Å². The molecule has 1 atom stereocenters. The van der Waals surface area contributed by atoms with Crippen LogP contribution in [0, 0.1) is 5.92 Å². The van der Waals surface area contributed by atoms with Crippen LogP contribution in [0.15, 0.2) is 12.1 Å². The Labute approximate surface area is 95.4 Å². The van der Waals surface area contributed by atoms with E-state index in [1.54, 1.807) is 13.2 Å². The average Bonchev–Trinajstić information content (AvgIpc) is 3.13. The Hall–Kier alpha value is -1.22. The summed E-state index contributed by atoms with van der Waals surface area (Å²) in [6.45, 7) is 0.980. The molecule has 3 rings (SSSR count). The second-order valence-corrected chi connectivity index (χ2v) is 4.70. The van der Waals surface area contributed by atoms with E-state index in [1.165, 1.54) is 18.4 Å². The Morgan fingerprint density at radius 3 is 2.88 bits per heavy atom. The van der Waals surface area contributed by atoms with E-state index in [9.17, 15) is 5.11 Å². The zero-order chi connectivity index (χ0) is 11.1. The van der Waals surface area contributed by atoms with E-state index in [-0.39, 0.29) is 0 Å². The molecule has 1 aliphatic heterocycles. The molecule has 0 radical (unpaired) electrons. The third-order valence-electron chi connectivity index (χ3n) is 3.65. The second-order valence-electron chi connectivity index (χ2n) is 4.70. The van der Waals surface area contributed by atoms with E-state index in [0.717, 1.165) is 24.3 Å². The highest BCUT2D eigenvalue weighted by molar-refractivity contribution is 5.51. The van der Waals surface area contributed by atoms with Gasteiger partial charge in [0.05, 0.1) is 7.11 Å². The molecule has 1 saturated carbocycles. The molecule has 1 heterocycles. The number of ether oxygens (including phenoxy) is 1. The number of methoxy groups -OCH3 is 1. The van der Waals surface area contributed by atoms with Gasteiger partial charge in [-0.1, -0.05) is 0 Å². The highest BCUT2D eigenvalue weighted by atomic mass is 16.5. The zero-order valence-electron chi connectivity index (χ0n) is 9.49. The molecular weight excluding hydrogens is 202 g/mol. The Kier molecular flexibility index (Phi) is 2.28. The van der Waals surface area contributed by atoms with Crippen LogP contribution in [0.5, 0.6) is 11.5 Å². The number of benzene rings is 1. The van der Waals surface area contributed by atoms with E-state index < -0.39 is 0 Å². The topological polar surface area (TPSA) is 41.5 Å². The normalized spacial score (nSPS) is 23.9. The fourth-order valence-electron chi connectivity index (χ4n) is 2.72. The quantitative estimate of drug-likeness (QED) is 0.799. The number of nitrogens with one attached hydrogen (secondary N) is 1. The lowest BCUT2D eigenvalue weighted by Crippen LogP contribution is -2.31. The second kappa shape index (κ2) is 3.67. The Morgan fingerprint density at radius 1 is 1.38 bits per heavy atom. The van der Waals surface area contributed by atoms with Gasteiger partial charge in [-0.25, -0.2) is 0 Å². The van der Waals surface area contributed by atoms with Crippen LogP contribution in [0.3, 0.4) is 0 Å². The summed E-state index contributed by atoms with van der Waals surface area (Å²) >= 11 is 0. The smallest absolute Gasteiger partial charge is 0.122 e. The number of hydrogen-bond acceptors (Lipinski definition) is 3. The molecule has 0 bridgehead atoms. The predicted octanol–water partition coefficient (Wildman–Crippen LogP) is 2.00. The van der Waals surface area contributed by atoms with Gasteiger partial charge in [-0.3, -0.25) is 0 Å². The van der Waals surface area contributed by atoms with Crippen molar-refractivity contribution in [1.82, 2.24) is 5.32 Å². The number of fused-ring (bicyclic) bond motifs is 1. The average molecular weight is 219 g/mol. The van der Waals surface area contributed by atoms with Gasteiger partial charge in [-0.15, -0.1) is 0 Å². The SMILES string of the molecule is COc1ccc(O)c2c1CCNC2C1CC1. The van der Waals surface area contributed by atoms with Gasteiger partial charge in [0.2, 0.25) is 0 Å². The molecule has 2 aliphatic rings. The van der Waals surface area contributed by atoms with Crippen LogP contribution >= 0.6 is 0 Å². The Bertz CT molecular complexity index is 413. The summed E-state index contributed by atoms with van der Waals surface area (Å²) in [4.78, 5) is 0. The van der Waals surface area contributed by atoms with Crippen molar-refractivity contribution < 1.29 is 9.84 Å². The number of rotatable bonds is 2. The third kappa shape index (κ3) is 1.47. The Morgan fingerprint density at radius 2 is 2.19 bits per heavy atom. The van der Waals surface area contributed by atoms with Crippen molar-refractivity contribution in [2.24, 2.45) is 5.92 Å². The summed E-state index contributed by atoms with van der Waals surface area (Å²) in [5.41, 5.74) is 2.27. The molecule has 0 aromatic heterocycles. The molecule has 0 amide bonds. The maximum atomic E-state index is 10.0. The third-order valence-corrected chi connectivity index (χ3v) is 3.65. The van der Waals surface area contributed by atoms with Crippen molar-refractivity contribution in [3.63, 3.8) is 0 Å². The van der Waals surface area contributed by atoms with Gasteiger partial charge in [0, 0.05) is 17.2 Å². The van der Waals surface area contributed by atoms with E-state index in [0.29, 0.717) is 17.7 Å². The standard InChI is InChI=1S/C13H17NO2/c1-16-11-5-4-10(15)12-9(11)6-7-14-13(12)8-2-3-8/h4-5,8,13-15H,2-3,6-7H2,1H3. The van der Waals surface area contributed by atoms with Crippen LogP contribution < -0.4 is 10.1 Å². The van der Waals surface area contributed by atoms with Gasteiger partial charge in [-0.05, 0) is 43.9 Å². The van der Waals surface area contributed by atoms with E-state index in [1.807, 2.05) is 6.07 Å². The summed E-state index contributed by atoms with van der Waals surface area (Å²) in [5, 5.41) is 13.5. The Balaban J connectivity index is 2.10. The lowest BCUT2D eigenvalue weighted by molar-refractivity contribution is 0.380. The van der Waals surface area contributed by atoms with Crippen LogP contribution in [0.4, 0.5) is 0 Å². The monoisotopic (exact) mass is 219 g/mol. The zero-order valence-corrected chi connectivity index (χ0v) is 9.49. The highest BCUT2D eigenvalue weighted by Gasteiger charge is 2.37. The lowest BCUT2D eigenvalue weighted by atomic mass is 9.90. The number of phenolic OH excluding ortho intramolecular Hbond substituents is 1. The summed E-state index contributed by atoms with van der Waals surface area (Å²) in [5.74, 6) is 2.04. The molecule has 1 aromatic carbocycles. The van der Waals surface area contributed by atoms with Gasteiger partial charge in [0.1, 0.15) is 11.5 Å². The summed E-state index contributed by atoms with van der Waals surface area (Å²) < 4.78 is 5.38. The van der Waals surface area contributed by atoms with Crippen LogP contribution in [-0.4, -0.2) is 18.8 Å². The number of hydrogen-bond donors (Lipinski definition) is 2. The maximum Gasteiger partial charge on any atom is 0.122 e. The van der Waals surface area contributed by atoms with Crippen molar-refractivity contribution in [1.29, 1.82) is 0 Å². The van der Waals surface area contributed by atoms with Crippen molar-refractivity contribution in [2.45, 2.75) is 25.3 Å². The minimum atomic E-state index is 0.332. The molecule has 0 spiro atoms. The van der Waals surface area contributed by atoms with E-state index >= 15 is 0 Å². The van der Waals surface area contributed by atoms with Gasteiger partial charge in [0.15, 0.2) is 0 Å². The van der Waals surface area contributed by atoms with Crippen molar-refractivity contribution in [3.05, 3.63) is 23.3 Å². The summed E-state index contributed by atoms with van der Waals surface area (Å²) in [6, 6.07) is 3.95. The van der Waals surface area contributed by atoms with Crippen molar-refractivity contribution in [2.75, 3.05) is 13.7 Å². The van der Waals surface area contributed by atoms with Gasteiger partial charge < -0.3 is 15.2 Å². The van der Waals surface area contributed by atoms with Crippen LogP contribution in [0.25, 0.3) is 0 Å². The minimum absolute atomic E-state index is 0.332. The van der Waals surface area contributed by atoms with Crippen molar-refractivity contribution >= 4 is 0 Å². The first-order valence-electron chi connectivity index (χ1n) is 5.93. The van der Waals surface area contributed by atoms with E-state index in [2.05, 4.69) is 5.32 Å². The molecule has 2 N–H and O–H groups in total. The molecule has 1 unspecified atom stereocenters. The first-order chi connectivity index (χ1) is 7.81. The van der Waals surface area contributed by atoms with Gasteiger partial charge in [-0.2, -0.15) is 0 Å². The summed E-state index contributed by atoms with van der Waals surface area (Å²) in [7, 11) is 1.70. The molecule has 0 saturated heterocycles. The molecule has 3 heteroatoms. The van der Waals surface area contributed by atoms with Crippen molar-refractivity contribution in [3.8, 4) is 11.5 Å². The first kappa shape index (κ1) is 9.97. The fourth-order valence-corrected chi connectivity index (χ4v) is 2.72. The molecule has 3 nitrogen and oxygen atoms in total.